The highest BCUT2D eigenvalue weighted by Crippen LogP contribution is 2.44. The molecule has 4 aromatic carbocycles. The molecule has 44 heavy (non-hydrogen) atoms. The monoisotopic (exact) mass is 614 g/mol. The molecule has 8 nitrogen and oxygen atoms in total. The summed E-state index contributed by atoms with van der Waals surface area (Å²) in [6, 6.07) is 27.2. The Morgan fingerprint density at radius 1 is 0.864 bits per heavy atom. The molecule has 1 amide bonds. The number of rotatable bonds is 13. The third-order valence-corrected chi connectivity index (χ3v) is 9.96. The molecule has 0 radical (unpaired) electrons. The van der Waals surface area contributed by atoms with E-state index in [-0.39, 0.29) is 42.8 Å². The quantitative estimate of drug-likeness (QED) is 0.163. The van der Waals surface area contributed by atoms with Crippen LogP contribution in [0.2, 0.25) is 0 Å². The number of ether oxygens (including phenoxy) is 1. The SMILES string of the molecule is CC(C)CN([C@@H](CCCCNC(=O)OCC1c2ccccc2-c2ccccc21)C(=O)O)S(=O)(=O)c1cccc2ccccc12. The lowest BCUT2D eigenvalue weighted by Gasteiger charge is -2.30. The zero-order valence-corrected chi connectivity index (χ0v) is 25.8. The highest BCUT2D eigenvalue weighted by atomic mass is 32.2. The molecule has 0 spiro atoms. The van der Waals surface area contributed by atoms with Gasteiger partial charge < -0.3 is 15.2 Å². The second-order valence-electron chi connectivity index (χ2n) is 11.5. The first-order chi connectivity index (χ1) is 21.2. The summed E-state index contributed by atoms with van der Waals surface area (Å²) in [6.45, 7) is 4.28. The summed E-state index contributed by atoms with van der Waals surface area (Å²) in [5.74, 6) is -1.32. The van der Waals surface area contributed by atoms with Crippen LogP contribution in [-0.4, -0.2) is 55.6 Å². The molecule has 0 aliphatic heterocycles. The first kappa shape index (κ1) is 31.2. The van der Waals surface area contributed by atoms with Gasteiger partial charge in [-0.25, -0.2) is 13.2 Å². The molecule has 1 atom stereocenters. The Bertz CT molecular complexity index is 1700. The van der Waals surface area contributed by atoms with Gasteiger partial charge >= 0.3 is 12.1 Å². The fourth-order valence-corrected chi connectivity index (χ4v) is 7.98. The van der Waals surface area contributed by atoms with Crippen molar-refractivity contribution >= 4 is 32.9 Å². The Kier molecular flexibility index (Phi) is 9.66. The van der Waals surface area contributed by atoms with E-state index in [1.54, 1.807) is 18.2 Å². The van der Waals surface area contributed by atoms with Crippen LogP contribution < -0.4 is 5.32 Å². The number of hydrogen-bond donors (Lipinski definition) is 2. The number of benzene rings is 4. The number of amides is 1. The molecule has 1 aliphatic carbocycles. The Hall–Kier alpha value is -4.21. The summed E-state index contributed by atoms with van der Waals surface area (Å²) < 4.78 is 34.6. The highest BCUT2D eigenvalue weighted by Gasteiger charge is 2.37. The molecule has 1 aliphatic rings. The molecular weight excluding hydrogens is 576 g/mol. The summed E-state index contributed by atoms with van der Waals surface area (Å²) >= 11 is 0. The zero-order valence-electron chi connectivity index (χ0n) is 25.0. The van der Waals surface area contributed by atoms with Gasteiger partial charge in [0.25, 0.3) is 0 Å². The summed E-state index contributed by atoms with van der Waals surface area (Å²) in [7, 11) is -4.12. The van der Waals surface area contributed by atoms with Crippen molar-refractivity contribution in [1.29, 1.82) is 0 Å². The van der Waals surface area contributed by atoms with Crippen molar-refractivity contribution in [3.8, 4) is 11.1 Å². The van der Waals surface area contributed by atoms with E-state index >= 15 is 0 Å². The number of carbonyl (C=O) groups excluding carboxylic acids is 1. The lowest BCUT2D eigenvalue weighted by Crippen LogP contribution is -2.46. The third kappa shape index (κ3) is 6.64. The number of nitrogens with zero attached hydrogens (tertiary/aromatic N) is 1. The van der Waals surface area contributed by atoms with Crippen LogP contribution in [0.5, 0.6) is 0 Å². The minimum absolute atomic E-state index is 0.0416. The zero-order chi connectivity index (χ0) is 31.3. The lowest BCUT2D eigenvalue weighted by atomic mass is 9.98. The Labute approximate surface area is 258 Å². The predicted octanol–water partition coefficient (Wildman–Crippen LogP) is 6.65. The van der Waals surface area contributed by atoms with Crippen LogP contribution in [0.15, 0.2) is 95.9 Å². The van der Waals surface area contributed by atoms with Crippen LogP contribution in [0.4, 0.5) is 4.79 Å². The number of sulfonamides is 1. The van der Waals surface area contributed by atoms with Gasteiger partial charge in [0.15, 0.2) is 0 Å². The molecule has 0 unspecified atom stereocenters. The number of carboxylic acid groups (broad SMARTS) is 1. The molecule has 230 valence electrons. The van der Waals surface area contributed by atoms with Crippen LogP contribution in [0, 0.1) is 5.92 Å². The van der Waals surface area contributed by atoms with Crippen LogP contribution >= 0.6 is 0 Å². The van der Waals surface area contributed by atoms with Crippen LogP contribution in [0.25, 0.3) is 21.9 Å². The Balaban J connectivity index is 1.18. The molecular formula is C35H38N2O6S. The van der Waals surface area contributed by atoms with Crippen molar-refractivity contribution in [2.75, 3.05) is 19.7 Å². The summed E-state index contributed by atoms with van der Waals surface area (Å²) in [6.07, 6.45) is 0.442. The average molecular weight is 615 g/mol. The van der Waals surface area contributed by atoms with E-state index in [1.807, 2.05) is 56.3 Å². The van der Waals surface area contributed by atoms with Gasteiger partial charge in [-0.05, 0) is 58.9 Å². The van der Waals surface area contributed by atoms with E-state index in [4.69, 9.17) is 4.74 Å². The van der Waals surface area contributed by atoms with E-state index < -0.39 is 28.1 Å². The van der Waals surface area contributed by atoms with Gasteiger partial charge in [0.1, 0.15) is 12.6 Å². The highest BCUT2D eigenvalue weighted by molar-refractivity contribution is 7.89. The number of fused-ring (bicyclic) bond motifs is 4. The first-order valence-corrected chi connectivity index (χ1v) is 16.4. The number of aliphatic carboxylic acids is 1. The molecule has 0 aromatic heterocycles. The number of unbranched alkanes of at least 4 members (excludes halogenated alkanes) is 1. The molecule has 4 aromatic rings. The van der Waals surface area contributed by atoms with Crippen molar-refractivity contribution in [1.82, 2.24) is 9.62 Å². The molecule has 5 rings (SSSR count). The normalized spacial score (nSPS) is 13.5. The molecule has 9 heteroatoms. The number of carboxylic acids is 1. The summed E-state index contributed by atoms with van der Waals surface area (Å²) in [4.78, 5) is 25.1. The van der Waals surface area contributed by atoms with Gasteiger partial charge in [-0.15, -0.1) is 0 Å². The summed E-state index contributed by atoms with van der Waals surface area (Å²) in [5.41, 5.74) is 4.56. The Morgan fingerprint density at radius 3 is 2.14 bits per heavy atom. The number of hydrogen-bond acceptors (Lipinski definition) is 5. The molecule has 0 fully saturated rings. The maximum absolute atomic E-state index is 13.9. The van der Waals surface area contributed by atoms with E-state index in [9.17, 15) is 23.1 Å². The molecule has 0 bridgehead atoms. The molecule has 0 heterocycles. The molecule has 2 N–H and O–H groups in total. The van der Waals surface area contributed by atoms with Crippen molar-refractivity contribution in [3.05, 3.63) is 102 Å². The smallest absolute Gasteiger partial charge is 0.407 e. The van der Waals surface area contributed by atoms with E-state index in [2.05, 4.69) is 29.6 Å². The minimum atomic E-state index is -4.12. The van der Waals surface area contributed by atoms with Gasteiger partial charge in [-0.3, -0.25) is 4.79 Å². The van der Waals surface area contributed by atoms with Crippen LogP contribution in [-0.2, 0) is 19.6 Å². The van der Waals surface area contributed by atoms with Gasteiger partial charge in [0.05, 0.1) is 4.90 Å². The van der Waals surface area contributed by atoms with E-state index in [0.717, 1.165) is 31.9 Å². The van der Waals surface area contributed by atoms with E-state index in [1.165, 1.54) is 6.07 Å². The maximum atomic E-state index is 13.9. The van der Waals surface area contributed by atoms with Crippen molar-refractivity contribution < 1.29 is 27.9 Å². The van der Waals surface area contributed by atoms with Crippen molar-refractivity contribution in [3.63, 3.8) is 0 Å². The number of nitrogens with one attached hydrogen (secondary N) is 1. The molecule has 0 saturated carbocycles. The van der Waals surface area contributed by atoms with Crippen LogP contribution in [0.1, 0.15) is 50.2 Å². The topological polar surface area (TPSA) is 113 Å². The largest absolute Gasteiger partial charge is 0.480 e. The van der Waals surface area contributed by atoms with Gasteiger partial charge in [0, 0.05) is 24.4 Å². The Morgan fingerprint density at radius 2 is 1.48 bits per heavy atom. The first-order valence-electron chi connectivity index (χ1n) is 15.0. The lowest BCUT2D eigenvalue weighted by molar-refractivity contribution is -0.141. The predicted molar refractivity (Wildman–Crippen MR) is 171 cm³/mol. The summed E-state index contributed by atoms with van der Waals surface area (Å²) in [5, 5.41) is 14.2. The second kappa shape index (κ2) is 13.6. The number of carbonyl (C=O) groups is 2. The third-order valence-electron chi connectivity index (χ3n) is 8.03. The van der Waals surface area contributed by atoms with Crippen molar-refractivity contribution in [2.24, 2.45) is 5.92 Å². The average Bonchev–Trinajstić information content (AvgIpc) is 3.33. The van der Waals surface area contributed by atoms with Crippen LogP contribution in [0.3, 0.4) is 0 Å². The van der Waals surface area contributed by atoms with Gasteiger partial charge in [0.2, 0.25) is 10.0 Å². The van der Waals surface area contributed by atoms with E-state index in [0.29, 0.717) is 18.2 Å². The van der Waals surface area contributed by atoms with Gasteiger partial charge in [-0.1, -0.05) is 98.8 Å². The standard InChI is InChI=1S/C35H38N2O6S/c1-24(2)22-37(44(41,42)33-20-11-13-25-12-3-4-14-26(25)33)32(34(38)39)19-9-10-21-36-35(40)43-23-31-29-17-7-5-15-27(29)28-16-6-8-18-30(28)31/h3-8,11-18,20,24,31-32H,9-10,19,21-23H2,1-2H3,(H,36,40)(H,38,39)/t32-/m0/s1. The second-order valence-corrected chi connectivity index (χ2v) is 13.4. The fraction of sp³-hybridized carbons (Fsp3) is 0.314. The fourth-order valence-electron chi connectivity index (χ4n) is 5.99. The minimum Gasteiger partial charge on any atom is -0.480 e. The molecule has 0 saturated heterocycles. The van der Waals surface area contributed by atoms with Crippen molar-refractivity contribution in [2.45, 2.75) is 50.0 Å². The van der Waals surface area contributed by atoms with Gasteiger partial charge in [-0.2, -0.15) is 4.31 Å². The maximum Gasteiger partial charge on any atom is 0.407 e. The number of alkyl carbamates (subject to hydrolysis) is 1.